The smallest absolute Gasteiger partial charge is 0.339 e. The van der Waals surface area contributed by atoms with Gasteiger partial charge in [-0.1, -0.05) is 81.4 Å². The van der Waals surface area contributed by atoms with E-state index in [4.69, 9.17) is 9.16 Å². The van der Waals surface area contributed by atoms with Crippen molar-refractivity contribution in [2.45, 2.75) is 32.4 Å². The summed E-state index contributed by atoms with van der Waals surface area (Å²) in [7, 11) is -1.24. The van der Waals surface area contributed by atoms with Crippen LogP contribution in [-0.2, 0) is 15.8 Å². The molecule has 0 N–H and O–H groups in total. The Labute approximate surface area is 173 Å². The zero-order chi connectivity index (χ0) is 20.9. The van der Waals surface area contributed by atoms with Crippen molar-refractivity contribution < 1.29 is 14.0 Å². The Morgan fingerprint density at radius 1 is 0.897 bits per heavy atom. The molecule has 2 aromatic carbocycles. The maximum atomic E-state index is 11.7. The van der Waals surface area contributed by atoms with E-state index in [0.717, 1.165) is 5.69 Å². The Kier molecular flexibility index (Phi) is 6.30. The number of esters is 1. The first-order valence-corrected chi connectivity index (χ1v) is 11.6. The van der Waals surface area contributed by atoms with Gasteiger partial charge in [-0.3, -0.25) is 4.98 Å². The summed E-state index contributed by atoms with van der Waals surface area (Å²) in [4.78, 5) is 16.1. The van der Waals surface area contributed by atoms with Gasteiger partial charge in [0.15, 0.2) is 0 Å². The van der Waals surface area contributed by atoms with Crippen LogP contribution in [0.5, 0.6) is 0 Å². The molecule has 0 saturated heterocycles. The first-order valence-electron chi connectivity index (χ1n) is 9.67. The molecular weight excluding hydrogens is 378 g/mol. The highest BCUT2D eigenvalue weighted by Crippen LogP contribution is 2.37. The van der Waals surface area contributed by atoms with Crippen LogP contribution < -0.4 is 10.4 Å². The minimum atomic E-state index is -2.61. The standard InChI is InChI=1S/C24H27NO3Si/c1-24(2,3)29(21-11-7-5-8-12-21,22-13-9-6-10-14-22)28-18-20-16-15-19(17-25-20)23(26)27-4/h5-17H,18H2,1-4H3. The van der Waals surface area contributed by atoms with Crippen LogP contribution in [-0.4, -0.2) is 26.4 Å². The quantitative estimate of drug-likeness (QED) is 0.460. The highest BCUT2D eigenvalue weighted by Gasteiger charge is 2.50. The molecule has 0 fully saturated rings. The molecule has 29 heavy (non-hydrogen) atoms. The molecule has 150 valence electrons. The average Bonchev–Trinajstić information content (AvgIpc) is 2.74. The Hall–Kier alpha value is -2.76. The van der Waals surface area contributed by atoms with Gasteiger partial charge in [0.1, 0.15) is 0 Å². The van der Waals surface area contributed by atoms with Gasteiger partial charge in [0.25, 0.3) is 8.32 Å². The number of pyridine rings is 1. The van der Waals surface area contributed by atoms with Crippen LogP contribution in [0, 0.1) is 0 Å². The highest BCUT2D eigenvalue weighted by atomic mass is 28.4. The van der Waals surface area contributed by atoms with E-state index in [-0.39, 0.29) is 5.04 Å². The number of hydrogen-bond donors (Lipinski definition) is 0. The summed E-state index contributed by atoms with van der Waals surface area (Å²) in [5.74, 6) is -0.392. The lowest BCUT2D eigenvalue weighted by Crippen LogP contribution is -2.66. The molecule has 0 aliphatic carbocycles. The third-order valence-corrected chi connectivity index (χ3v) is 10.1. The first kappa shape index (κ1) is 21.0. The fourth-order valence-electron chi connectivity index (χ4n) is 3.69. The normalized spacial score (nSPS) is 11.9. The maximum absolute atomic E-state index is 11.7. The van der Waals surface area contributed by atoms with E-state index in [2.05, 4.69) is 74.3 Å². The SMILES string of the molecule is COC(=O)c1ccc(CO[Si](c2ccccc2)(c2ccccc2)C(C)(C)C)nc1. The van der Waals surface area contributed by atoms with E-state index in [9.17, 15) is 4.79 Å². The molecule has 0 aliphatic rings. The molecule has 0 aliphatic heterocycles. The van der Waals surface area contributed by atoms with Crippen LogP contribution in [0.2, 0.25) is 5.04 Å². The van der Waals surface area contributed by atoms with Gasteiger partial charge in [0.05, 0.1) is 25.0 Å². The molecular formula is C24H27NO3Si. The lowest BCUT2D eigenvalue weighted by atomic mass is 10.2. The van der Waals surface area contributed by atoms with Crippen LogP contribution in [0.15, 0.2) is 79.0 Å². The predicted octanol–water partition coefficient (Wildman–Crippen LogP) is 3.94. The minimum absolute atomic E-state index is 0.0956. The topological polar surface area (TPSA) is 48.4 Å². The Balaban J connectivity index is 2.01. The van der Waals surface area contributed by atoms with Crippen molar-refractivity contribution >= 4 is 24.7 Å². The van der Waals surface area contributed by atoms with Crippen LogP contribution >= 0.6 is 0 Å². The lowest BCUT2D eigenvalue weighted by Gasteiger charge is -2.43. The van der Waals surface area contributed by atoms with Gasteiger partial charge in [0, 0.05) is 6.20 Å². The average molecular weight is 406 g/mol. The molecule has 5 heteroatoms. The molecule has 0 saturated carbocycles. The van der Waals surface area contributed by atoms with E-state index in [1.165, 1.54) is 23.7 Å². The van der Waals surface area contributed by atoms with Crippen LogP contribution in [0.1, 0.15) is 36.8 Å². The molecule has 1 heterocycles. The monoisotopic (exact) mass is 405 g/mol. The number of carbonyl (C=O) groups is 1. The van der Waals surface area contributed by atoms with Crippen LogP contribution in [0.25, 0.3) is 0 Å². The number of methoxy groups -OCH3 is 1. The number of carbonyl (C=O) groups excluding carboxylic acids is 1. The van der Waals surface area contributed by atoms with Crippen molar-refractivity contribution in [3.8, 4) is 0 Å². The zero-order valence-electron chi connectivity index (χ0n) is 17.4. The first-order chi connectivity index (χ1) is 13.9. The molecule has 4 nitrogen and oxygen atoms in total. The van der Waals surface area contributed by atoms with Crippen molar-refractivity contribution in [2.75, 3.05) is 7.11 Å². The van der Waals surface area contributed by atoms with Crippen molar-refractivity contribution in [1.82, 2.24) is 4.98 Å². The van der Waals surface area contributed by atoms with E-state index < -0.39 is 14.3 Å². The third-order valence-electron chi connectivity index (χ3n) is 5.10. The summed E-state index contributed by atoms with van der Waals surface area (Å²) in [6.45, 7) is 7.10. The number of benzene rings is 2. The van der Waals surface area contributed by atoms with E-state index in [0.29, 0.717) is 12.2 Å². The molecule has 0 spiro atoms. The van der Waals surface area contributed by atoms with E-state index in [1.807, 2.05) is 18.2 Å². The molecule has 0 unspecified atom stereocenters. The predicted molar refractivity (Wildman–Crippen MR) is 118 cm³/mol. The molecule has 1 aromatic heterocycles. The largest absolute Gasteiger partial charge is 0.465 e. The molecule has 0 bridgehead atoms. The number of hydrogen-bond acceptors (Lipinski definition) is 4. The number of ether oxygens (including phenoxy) is 1. The Morgan fingerprint density at radius 3 is 1.86 bits per heavy atom. The lowest BCUT2D eigenvalue weighted by molar-refractivity contribution is 0.0600. The summed E-state index contributed by atoms with van der Waals surface area (Å²) in [5, 5.41) is 2.36. The van der Waals surface area contributed by atoms with Gasteiger partial charge in [-0.05, 0) is 27.5 Å². The van der Waals surface area contributed by atoms with Crippen LogP contribution in [0.3, 0.4) is 0 Å². The molecule has 0 amide bonds. The number of rotatable bonds is 6. The zero-order valence-corrected chi connectivity index (χ0v) is 18.4. The van der Waals surface area contributed by atoms with Gasteiger partial charge in [0.2, 0.25) is 0 Å². The highest BCUT2D eigenvalue weighted by molar-refractivity contribution is 6.99. The van der Waals surface area contributed by atoms with Gasteiger partial charge in [-0.25, -0.2) is 4.79 Å². The van der Waals surface area contributed by atoms with E-state index >= 15 is 0 Å². The van der Waals surface area contributed by atoms with Crippen molar-refractivity contribution in [3.63, 3.8) is 0 Å². The van der Waals surface area contributed by atoms with E-state index in [1.54, 1.807) is 6.07 Å². The number of aromatic nitrogens is 1. The van der Waals surface area contributed by atoms with Gasteiger partial charge < -0.3 is 9.16 Å². The Morgan fingerprint density at radius 2 is 1.45 bits per heavy atom. The second-order valence-corrected chi connectivity index (χ2v) is 12.3. The van der Waals surface area contributed by atoms with Gasteiger partial charge in [-0.2, -0.15) is 0 Å². The molecule has 3 aromatic rings. The maximum Gasteiger partial charge on any atom is 0.339 e. The third kappa shape index (κ3) is 4.31. The summed E-state index contributed by atoms with van der Waals surface area (Å²) in [5.41, 5.74) is 1.22. The fourth-order valence-corrected chi connectivity index (χ4v) is 8.21. The molecule has 0 radical (unpaired) electrons. The summed E-state index contributed by atoms with van der Waals surface area (Å²) < 4.78 is 11.6. The van der Waals surface area contributed by atoms with Crippen molar-refractivity contribution in [2.24, 2.45) is 0 Å². The number of nitrogens with zero attached hydrogens (tertiary/aromatic N) is 1. The summed E-state index contributed by atoms with van der Waals surface area (Å²) in [6, 6.07) is 24.5. The van der Waals surface area contributed by atoms with Crippen molar-refractivity contribution in [3.05, 3.63) is 90.3 Å². The molecule has 3 rings (SSSR count). The van der Waals surface area contributed by atoms with Gasteiger partial charge in [-0.15, -0.1) is 0 Å². The summed E-state index contributed by atoms with van der Waals surface area (Å²) in [6.07, 6.45) is 1.54. The van der Waals surface area contributed by atoms with Gasteiger partial charge >= 0.3 is 5.97 Å². The summed E-state index contributed by atoms with van der Waals surface area (Å²) >= 11 is 0. The molecule has 0 atom stereocenters. The van der Waals surface area contributed by atoms with Crippen LogP contribution in [0.4, 0.5) is 0 Å². The van der Waals surface area contributed by atoms with Crippen molar-refractivity contribution in [1.29, 1.82) is 0 Å². The second-order valence-electron chi connectivity index (χ2n) is 7.98. The second kappa shape index (κ2) is 8.72. The Bertz CT molecular complexity index is 896. The fraction of sp³-hybridized carbons (Fsp3) is 0.250. The minimum Gasteiger partial charge on any atom is -0.465 e.